The molecule has 0 aliphatic rings. The van der Waals surface area contributed by atoms with E-state index in [1.807, 2.05) is 0 Å². The molecule has 62 valence electrons. The predicted molar refractivity (Wildman–Crippen MR) is 48.6 cm³/mol. The second kappa shape index (κ2) is 7.29. The van der Waals surface area contributed by atoms with Crippen molar-refractivity contribution in [2.45, 2.75) is 19.8 Å². The molecular weight excluding hydrogens is 136 g/mol. The number of rotatable bonds is 2. The first-order chi connectivity index (χ1) is 5.43. The van der Waals surface area contributed by atoms with E-state index in [9.17, 15) is 0 Å². The lowest BCUT2D eigenvalue weighted by Gasteiger charge is -1.93. The highest BCUT2D eigenvalue weighted by molar-refractivity contribution is 5.14. The van der Waals surface area contributed by atoms with Crippen molar-refractivity contribution in [2.24, 2.45) is 0 Å². The summed E-state index contributed by atoms with van der Waals surface area (Å²) in [5.41, 5.74) is 1.44. The second-order valence-corrected chi connectivity index (χ2v) is 2.24. The molecule has 11 heavy (non-hydrogen) atoms. The summed E-state index contributed by atoms with van der Waals surface area (Å²) in [6.07, 6.45) is 2.45. The van der Waals surface area contributed by atoms with E-state index in [-0.39, 0.29) is 0 Å². The lowest BCUT2D eigenvalue weighted by Crippen LogP contribution is -1.78. The van der Waals surface area contributed by atoms with Crippen molar-refractivity contribution in [3.63, 3.8) is 0 Å². The van der Waals surface area contributed by atoms with Crippen molar-refractivity contribution >= 4 is 0 Å². The summed E-state index contributed by atoms with van der Waals surface area (Å²) < 4.78 is 0. The molecule has 0 heterocycles. The molecule has 1 nitrogen and oxygen atoms in total. The van der Waals surface area contributed by atoms with Crippen LogP contribution >= 0.6 is 0 Å². The Kier molecular flexibility index (Phi) is 6.75. The minimum Gasteiger partial charge on any atom is -0.400 e. The lowest BCUT2D eigenvalue weighted by molar-refractivity contribution is 0.399. The van der Waals surface area contributed by atoms with Crippen LogP contribution in [0.15, 0.2) is 30.3 Å². The molecule has 1 heteroatoms. The van der Waals surface area contributed by atoms with Crippen LogP contribution in [0.4, 0.5) is 0 Å². The van der Waals surface area contributed by atoms with Gasteiger partial charge in [-0.2, -0.15) is 0 Å². The molecule has 0 atom stereocenters. The third-order valence-electron chi connectivity index (χ3n) is 1.38. The molecule has 0 aromatic heterocycles. The van der Waals surface area contributed by atoms with Gasteiger partial charge in [-0.15, -0.1) is 0 Å². The minimum atomic E-state index is 1.00. The molecule has 0 unspecified atom stereocenters. The average molecular weight is 152 g/mol. The van der Waals surface area contributed by atoms with E-state index in [4.69, 9.17) is 5.11 Å². The third-order valence-corrected chi connectivity index (χ3v) is 1.38. The molecule has 1 N–H and O–H groups in total. The largest absolute Gasteiger partial charge is 0.400 e. The number of benzene rings is 1. The highest BCUT2D eigenvalue weighted by Gasteiger charge is 1.84. The van der Waals surface area contributed by atoms with Crippen molar-refractivity contribution < 1.29 is 5.11 Å². The molecule has 0 bridgehead atoms. The van der Waals surface area contributed by atoms with Crippen LogP contribution in [0.2, 0.25) is 0 Å². The fourth-order valence-electron chi connectivity index (χ4n) is 0.933. The van der Waals surface area contributed by atoms with E-state index in [0.717, 1.165) is 7.11 Å². The van der Waals surface area contributed by atoms with Gasteiger partial charge in [-0.1, -0.05) is 43.7 Å². The summed E-state index contributed by atoms with van der Waals surface area (Å²) in [6.45, 7) is 2.20. The molecule has 0 fully saturated rings. The summed E-state index contributed by atoms with van der Waals surface area (Å²) in [4.78, 5) is 0. The Morgan fingerprint density at radius 3 is 2.09 bits per heavy atom. The number of aliphatic hydroxyl groups excluding tert-OH is 1. The first-order valence-electron chi connectivity index (χ1n) is 3.92. The van der Waals surface area contributed by atoms with Crippen molar-refractivity contribution in [2.75, 3.05) is 7.11 Å². The summed E-state index contributed by atoms with van der Waals surface area (Å²) >= 11 is 0. The van der Waals surface area contributed by atoms with E-state index in [0.29, 0.717) is 0 Å². The van der Waals surface area contributed by atoms with Crippen LogP contribution in [0.25, 0.3) is 0 Å². The van der Waals surface area contributed by atoms with Gasteiger partial charge in [0.15, 0.2) is 0 Å². The number of hydrogen-bond acceptors (Lipinski definition) is 1. The van der Waals surface area contributed by atoms with Crippen LogP contribution in [0.3, 0.4) is 0 Å². The summed E-state index contributed by atoms with van der Waals surface area (Å²) in [6, 6.07) is 10.6. The molecular formula is C10H16O. The van der Waals surface area contributed by atoms with E-state index >= 15 is 0 Å². The Hall–Kier alpha value is -0.820. The second-order valence-electron chi connectivity index (χ2n) is 2.24. The van der Waals surface area contributed by atoms with Crippen LogP contribution in [0.5, 0.6) is 0 Å². The van der Waals surface area contributed by atoms with Gasteiger partial charge in [-0.25, -0.2) is 0 Å². The van der Waals surface area contributed by atoms with Crippen molar-refractivity contribution in [1.29, 1.82) is 0 Å². The van der Waals surface area contributed by atoms with Gasteiger partial charge in [-0.05, 0) is 12.0 Å². The topological polar surface area (TPSA) is 20.2 Å². The Morgan fingerprint density at radius 2 is 1.64 bits per heavy atom. The van der Waals surface area contributed by atoms with Gasteiger partial charge in [0.2, 0.25) is 0 Å². The SMILES string of the molecule is CCCc1ccccc1.CO. The quantitative estimate of drug-likeness (QED) is 0.689. The summed E-state index contributed by atoms with van der Waals surface area (Å²) in [5, 5.41) is 7.00. The van der Waals surface area contributed by atoms with Crippen molar-refractivity contribution in [1.82, 2.24) is 0 Å². The smallest absolute Gasteiger partial charge is 0.0319 e. The van der Waals surface area contributed by atoms with Crippen LogP contribution in [0, 0.1) is 0 Å². The zero-order valence-electron chi connectivity index (χ0n) is 7.25. The minimum absolute atomic E-state index is 1.00. The zero-order valence-corrected chi connectivity index (χ0v) is 7.25. The average Bonchev–Trinajstić information content (AvgIpc) is 2.11. The molecule has 0 spiro atoms. The summed E-state index contributed by atoms with van der Waals surface area (Å²) in [7, 11) is 1.00. The van der Waals surface area contributed by atoms with Crippen LogP contribution in [-0.2, 0) is 6.42 Å². The molecule has 0 saturated heterocycles. The highest BCUT2D eigenvalue weighted by atomic mass is 16.2. The standard InChI is InChI=1S/C9H12.CH4O/c1-2-6-9-7-4-3-5-8-9;1-2/h3-5,7-8H,2,6H2,1H3;2H,1H3. The van der Waals surface area contributed by atoms with Crippen LogP contribution in [0.1, 0.15) is 18.9 Å². The van der Waals surface area contributed by atoms with Gasteiger partial charge in [0.1, 0.15) is 0 Å². The van der Waals surface area contributed by atoms with E-state index in [2.05, 4.69) is 37.3 Å². The lowest BCUT2D eigenvalue weighted by atomic mass is 10.1. The van der Waals surface area contributed by atoms with Crippen LogP contribution < -0.4 is 0 Å². The maximum absolute atomic E-state index is 7.00. The third kappa shape index (κ3) is 4.57. The Bertz CT molecular complexity index is 158. The van der Waals surface area contributed by atoms with E-state index < -0.39 is 0 Å². The molecule has 0 aliphatic heterocycles. The normalized spacial score (nSPS) is 8.27. The van der Waals surface area contributed by atoms with Crippen molar-refractivity contribution in [3.05, 3.63) is 35.9 Å². The molecule has 0 aliphatic carbocycles. The fourth-order valence-corrected chi connectivity index (χ4v) is 0.933. The van der Waals surface area contributed by atoms with Gasteiger partial charge in [0.05, 0.1) is 0 Å². The van der Waals surface area contributed by atoms with Crippen LogP contribution in [-0.4, -0.2) is 12.2 Å². The first-order valence-corrected chi connectivity index (χ1v) is 3.92. The number of aliphatic hydroxyl groups is 1. The fraction of sp³-hybridized carbons (Fsp3) is 0.400. The Labute approximate surface area is 68.7 Å². The van der Waals surface area contributed by atoms with Gasteiger partial charge >= 0.3 is 0 Å². The molecule has 1 aromatic carbocycles. The monoisotopic (exact) mass is 152 g/mol. The predicted octanol–water partition coefficient (Wildman–Crippen LogP) is 2.25. The van der Waals surface area contributed by atoms with Crippen molar-refractivity contribution in [3.8, 4) is 0 Å². The summed E-state index contributed by atoms with van der Waals surface area (Å²) in [5.74, 6) is 0. The maximum Gasteiger partial charge on any atom is 0.0319 e. The number of hydrogen-bond donors (Lipinski definition) is 1. The highest BCUT2D eigenvalue weighted by Crippen LogP contribution is 2.00. The van der Waals surface area contributed by atoms with E-state index in [1.165, 1.54) is 18.4 Å². The Morgan fingerprint density at radius 1 is 1.09 bits per heavy atom. The van der Waals surface area contributed by atoms with Gasteiger partial charge in [0, 0.05) is 7.11 Å². The molecule has 0 amide bonds. The first kappa shape index (κ1) is 10.2. The maximum atomic E-state index is 7.00. The Balaban J connectivity index is 0.000000461. The molecule has 1 aromatic rings. The van der Waals surface area contributed by atoms with E-state index in [1.54, 1.807) is 0 Å². The van der Waals surface area contributed by atoms with Gasteiger partial charge in [0.25, 0.3) is 0 Å². The molecule has 0 radical (unpaired) electrons. The molecule has 0 saturated carbocycles. The van der Waals surface area contributed by atoms with Gasteiger partial charge in [-0.3, -0.25) is 0 Å². The van der Waals surface area contributed by atoms with Gasteiger partial charge < -0.3 is 5.11 Å². The zero-order chi connectivity index (χ0) is 8.53. The number of aryl methyl sites for hydroxylation is 1. The molecule has 1 rings (SSSR count).